The molecule has 23 heavy (non-hydrogen) atoms. The van der Waals surface area contributed by atoms with E-state index < -0.39 is 0 Å². The number of hydrogen-bond donors (Lipinski definition) is 1. The van der Waals surface area contributed by atoms with Gasteiger partial charge >= 0.3 is 0 Å². The minimum absolute atomic E-state index is 0.429. The van der Waals surface area contributed by atoms with E-state index in [9.17, 15) is 0 Å². The molecule has 4 heteroatoms. The zero-order valence-electron chi connectivity index (χ0n) is 13.4. The van der Waals surface area contributed by atoms with Gasteiger partial charge in [-0.3, -0.25) is 0 Å². The summed E-state index contributed by atoms with van der Waals surface area (Å²) in [6.45, 7) is 3.27. The summed E-state index contributed by atoms with van der Waals surface area (Å²) >= 11 is 0. The summed E-state index contributed by atoms with van der Waals surface area (Å²) in [6.07, 6.45) is 1.87. The van der Waals surface area contributed by atoms with Crippen molar-refractivity contribution in [1.29, 1.82) is 0 Å². The number of aryl methyl sites for hydroxylation is 2. The molecule has 0 aliphatic rings. The molecule has 1 aromatic heterocycles. The SMILES string of the molecule is Cc1ccc(CCc2c(CN)nnn2Cc2ccccc2)cc1. The van der Waals surface area contributed by atoms with Gasteiger partial charge in [-0.2, -0.15) is 0 Å². The molecule has 2 aromatic carbocycles. The zero-order chi connectivity index (χ0) is 16.1. The summed E-state index contributed by atoms with van der Waals surface area (Å²) in [5.41, 5.74) is 11.7. The molecule has 118 valence electrons. The molecule has 0 spiro atoms. The first-order chi connectivity index (χ1) is 11.3. The van der Waals surface area contributed by atoms with Gasteiger partial charge in [-0.05, 0) is 30.9 Å². The Hall–Kier alpha value is -2.46. The first-order valence-corrected chi connectivity index (χ1v) is 7.97. The maximum absolute atomic E-state index is 5.83. The van der Waals surface area contributed by atoms with Crippen molar-refractivity contribution in [3.05, 3.63) is 82.7 Å². The van der Waals surface area contributed by atoms with Crippen LogP contribution < -0.4 is 5.73 Å². The Morgan fingerprint density at radius 2 is 1.65 bits per heavy atom. The number of nitrogens with two attached hydrogens (primary N) is 1. The van der Waals surface area contributed by atoms with Gasteiger partial charge < -0.3 is 5.73 Å². The predicted octanol–water partition coefficient (Wildman–Crippen LogP) is 2.88. The second-order valence-electron chi connectivity index (χ2n) is 5.82. The minimum atomic E-state index is 0.429. The molecule has 0 saturated heterocycles. The van der Waals surface area contributed by atoms with E-state index in [-0.39, 0.29) is 0 Å². The van der Waals surface area contributed by atoms with E-state index >= 15 is 0 Å². The van der Waals surface area contributed by atoms with Gasteiger partial charge in [0.15, 0.2) is 0 Å². The molecule has 0 amide bonds. The van der Waals surface area contributed by atoms with Crippen LogP contribution in [0.15, 0.2) is 54.6 Å². The fraction of sp³-hybridized carbons (Fsp3) is 0.263. The minimum Gasteiger partial charge on any atom is -0.325 e. The van der Waals surface area contributed by atoms with Crippen LogP contribution in [0.1, 0.15) is 28.1 Å². The van der Waals surface area contributed by atoms with Gasteiger partial charge in [-0.25, -0.2) is 4.68 Å². The smallest absolute Gasteiger partial charge is 0.0994 e. The van der Waals surface area contributed by atoms with Gasteiger partial charge in [-0.1, -0.05) is 65.4 Å². The molecule has 0 saturated carbocycles. The number of aromatic nitrogens is 3. The van der Waals surface area contributed by atoms with Gasteiger partial charge in [0.25, 0.3) is 0 Å². The molecule has 3 aromatic rings. The first kappa shape index (κ1) is 15.4. The average Bonchev–Trinajstić information content (AvgIpc) is 2.97. The highest BCUT2D eigenvalue weighted by molar-refractivity contribution is 5.23. The van der Waals surface area contributed by atoms with E-state index in [1.807, 2.05) is 22.9 Å². The average molecular weight is 306 g/mol. The normalized spacial score (nSPS) is 10.9. The molecule has 3 rings (SSSR count). The third kappa shape index (κ3) is 3.85. The Labute approximate surface area is 137 Å². The summed E-state index contributed by atoms with van der Waals surface area (Å²) < 4.78 is 1.98. The molecule has 0 aliphatic carbocycles. The van der Waals surface area contributed by atoms with E-state index in [0.717, 1.165) is 30.8 Å². The van der Waals surface area contributed by atoms with Crippen LogP contribution in [0.4, 0.5) is 0 Å². The van der Waals surface area contributed by atoms with Crippen LogP contribution >= 0.6 is 0 Å². The van der Waals surface area contributed by atoms with E-state index in [1.54, 1.807) is 0 Å². The lowest BCUT2D eigenvalue weighted by Crippen LogP contribution is -2.10. The van der Waals surface area contributed by atoms with Crippen molar-refractivity contribution in [2.24, 2.45) is 5.73 Å². The molecule has 0 bridgehead atoms. The lowest BCUT2D eigenvalue weighted by Gasteiger charge is -2.08. The number of hydrogen-bond acceptors (Lipinski definition) is 3. The summed E-state index contributed by atoms with van der Waals surface area (Å²) in [7, 11) is 0. The Morgan fingerprint density at radius 3 is 2.35 bits per heavy atom. The van der Waals surface area contributed by atoms with Crippen LogP contribution in [-0.4, -0.2) is 15.0 Å². The van der Waals surface area contributed by atoms with Crippen LogP contribution in [0.25, 0.3) is 0 Å². The molecule has 4 nitrogen and oxygen atoms in total. The molecule has 1 heterocycles. The number of rotatable bonds is 6. The molecule has 0 aliphatic heterocycles. The Bertz CT molecular complexity index is 745. The Kier molecular flexibility index (Phi) is 4.83. The highest BCUT2D eigenvalue weighted by atomic mass is 15.4. The summed E-state index contributed by atoms with van der Waals surface area (Å²) in [6, 6.07) is 19.0. The maximum atomic E-state index is 5.83. The maximum Gasteiger partial charge on any atom is 0.0994 e. The van der Waals surface area contributed by atoms with Crippen molar-refractivity contribution >= 4 is 0 Å². The van der Waals surface area contributed by atoms with E-state index in [0.29, 0.717) is 6.54 Å². The van der Waals surface area contributed by atoms with E-state index in [2.05, 4.69) is 53.6 Å². The summed E-state index contributed by atoms with van der Waals surface area (Å²) in [4.78, 5) is 0. The lowest BCUT2D eigenvalue weighted by molar-refractivity contribution is 0.615. The lowest BCUT2D eigenvalue weighted by atomic mass is 10.1. The fourth-order valence-corrected chi connectivity index (χ4v) is 2.70. The molecule has 0 atom stereocenters. The second kappa shape index (κ2) is 7.20. The summed E-state index contributed by atoms with van der Waals surface area (Å²) in [5.74, 6) is 0. The molecule has 2 N–H and O–H groups in total. The van der Waals surface area contributed by atoms with Crippen molar-refractivity contribution in [3.8, 4) is 0 Å². The number of nitrogens with zero attached hydrogens (tertiary/aromatic N) is 3. The van der Waals surface area contributed by atoms with Crippen LogP contribution in [0, 0.1) is 6.92 Å². The fourth-order valence-electron chi connectivity index (χ4n) is 2.70. The van der Waals surface area contributed by atoms with Gasteiger partial charge in [-0.15, -0.1) is 5.10 Å². The topological polar surface area (TPSA) is 56.7 Å². The second-order valence-corrected chi connectivity index (χ2v) is 5.82. The Balaban J connectivity index is 1.77. The standard InChI is InChI=1S/C19H22N4/c1-15-7-9-16(10-8-15)11-12-19-18(13-20)21-22-23(19)14-17-5-3-2-4-6-17/h2-10H,11-14,20H2,1H3. The highest BCUT2D eigenvalue weighted by Crippen LogP contribution is 2.13. The zero-order valence-corrected chi connectivity index (χ0v) is 13.4. The third-order valence-corrected chi connectivity index (χ3v) is 4.06. The largest absolute Gasteiger partial charge is 0.325 e. The van der Waals surface area contributed by atoms with Crippen molar-refractivity contribution < 1.29 is 0 Å². The quantitative estimate of drug-likeness (QED) is 0.762. The first-order valence-electron chi connectivity index (χ1n) is 7.97. The van der Waals surface area contributed by atoms with Crippen molar-refractivity contribution in [3.63, 3.8) is 0 Å². The van der Waals surface area contributed by atoms with Gasteiger partial charge in [0.05, 0.1) is 17.9 Å². The molecule has 0 radical (unpaired) electrons. The molecular formula is C19H22N4. The van der Waals surface area contributed by atoms with Crippen molar-refractivity contribution in [2.75, 3.05) is 0 Å². The summed E-state index contributed by atoms with van der Waals surface area (Å²) in [5, 5.41) is 8.54. The van der Waals surface area contributed by atoms with Gasteiger partial charge in [0.2, 0.25) is 0 Å². The van der Waals surface area contributed by atoms with Crippen molar-refractivity contribution in [1.82, 2.24) is 15.0 Å². The monoisotopic (exact) mass is 306 g/mol. The van der Waals surface area contributed by atoms with Crippen LogP contribution in [0.2, 0.25) is 0 Å². The van der Waals surface area contributed by atoms with Crippen LogP contribution in [0.5, 0.6) is 0 Å². The molecular weight excluding hydrogens is 284 g/mol. The van der Waals surface area contributed by atoms with Gasteiger partial charge in [0, 0.05) is 6.54 Å². The van der Waals surface area contributed by atoms with Crippen molar-refractivity contribution in [2.45, 2.75) is 32.9 Å². The van der Waals surface area contributed by atoms with Gasteiger partial charge in [0.1, 0.15) is 0 Å². The highest BCUT2D eigenvalue weighted by Gasteiger charge is 2.12. The third-order valence-electron chi connectivity index (χ3n) is 4.06. The molecule has 0 fully saturated rings. The predicted molar refractivity (Wildman–Crippen MR) is 92.0 cm³/mol. The Morgan fingerprint density at radius 1 is 0.913 bits per heavy atom. The van der Waals surface area contributed by atoms with E-state index in [1.165, 1.54) is 16.7 Å². The molecule has 0 unspecified atom stereocenters. The van der Waals surface area contributed by atoms with Crippen LogP contribution in [0.3, 0.4) is 0 Å². The number of benzene rings is 2. The van der Waals surface area contributed by atoms with Crippen LogP contribution in [-0.2, 0) is 25.9 Å². The van der Waals surface area contributed by atoms with E-state index in [4.69, 9.17) is 5.73 Å².